The number of hydrogen-bond donors (Lipinski definition) is 4. The number of nitrogens with zero attached hydrogens (tertiary/aromatic N) is 1. The first kappa shape index (κ1) is 43.2. The largest absolute Gasteiger partial charge is 0.507 e. The van der Waals surface area contributed by atoms with Crippen LogP contribution in [0.4, 0.5) is 5.69 Å². The Bertz CT molecular complexity index is 2250. The van der Waals surface area contributed by atoms with Gasteiger partial charge < -0.3 is 34.5 Å². The van der Waals surface area contributed by atoms with Crippen molar-refractivity contribution in [1.29, 1.82) is 0 Å². The van der Waals surface area contributed by atoms with E-state index >= 15 is 0 Å². The summed E-state index contributed by atoms with van der Waals surface area (Å²) in [4.78, 5) is 55.4. The second-order valence-electron chi connectivity index (χ2n) is 14.9. The van der Waals surface area contributed by atoms with Crippen molar-refractivity contribution in [2.75, 3.05) is 12.4 Å². The molecule has 4 N–H and O–H groups in total. The Morgan fingerprint density at radius 3 is 2.39 bits per heavy atom. The molecule has 12 heteroatoms. The van der Waals surface area contributed by atoms with Crippen LogP contribution in [-0.4, -0.2) is 63.7 Å². The van der Waals surface area contributed by atoms with E-state index in [-0.39, 0.29) is 56.4 Å². The van der Waals surface area contributed by atoms with Crippen molar-refractivity contribution >= 4 is 56.7 Å². The topological polar surface area (TPSA) is 185 Å². The third kappa shape index (κ3) is 9.65. The Morgan fingerprint density at radius 2 is 1.75 bits per heavy atom. The van der Waals surface area contributed by atoms with Gasteiger partial charge in [-0.15, -0.1) is 0 Å². The number of aromatic nitrogens is 1. The maximum atomic E-state index is 14.1. The van der Waals surface area contributed by atoms with Gasteiger partial charge in [0, 0.05) is 24.9 Å². The zero-order valence-electron chi connectivity index (χ0n) is 33.6. The molecule has 4 rings (SSSR count). The van der Waals surface area contributed by atoms with Gasteiger partial charge in [-0.25, -0.2) is 4.98 Å². The van der Waals surface area contributed by atoms with E-state index < -0.39 is 47.0 Å². The number of ketones is 1. The van der Waals surface area contributed by atoms with Gasteiger partial charge in [-0.1, -0.05) is 58.4 Å². The average Bonchev–Trinajstić information content (AvgIpc) is 3.16. The molecule has 0 spiro atoms. The quantitative estimate of drug-likeness (QED) is 0.00874. The molecule has 0 radical (unpaired) electrons. The van der Waals surface area contributed by atoms with Gasteiger partial charge in [-0.3, -0.25) is 19.2 Å². The Morgan fingerprint density at radius 1 is 1.04 bits per heavy atom. The highest BCUT2D eigenvalue weighted by molar-refractivity contribution is 6.23. The maximum Gasteiger partial charge on any atom is 0.303 e. The molecule has 0 aliphatic heterocycles. The first-order chi connectivity index (χ1) is 26.5. The lowest BCUT2D eigenvalue weighted by atomic mass is 9.92. The minimum atomic E-state index is -1.18. The summed E-state index contributed by atoms with van der Waals surface area (Å²) in [6.07, 6.45) is 8.66. The number of hydrogen-bond acceptors (Lipinski definition) is 12. The molecule has 1 aromatic heterocycles. The first-order valence-electron chi connectivity index (χ1n) is 19.0. The predicted octanol–water partition coefficient (Wildman–Crippen LogP) is 8.31. The van der Waals surface area contributed by atoms with Crippen molar-refractivity contribution in [3.05, 3.63) is 81.3 Å². The van der Waals surface area contributed by atoms with Gasteiger partial charge in [0.1, 0.15) is 34.9 Å². The Kier molecular flexibility index (Phi) is 14.6. The van der Waals surface area contributed by atoms with E-state index in [9.17, 15) is 34.5 Å². The number of Topliss-reactive ketones (excluding diaryl/α,β-unsaturated/α-hetero) is 1. The molecule has 0 aliphatic carbocycles. The lowest BCUT2D eigenvalue weighted by Gasteiger charge is -2.27. The number of aromatic hydroxyl groups is 2. The number of rotatable bonds is 18. The second kappa shape index (κ2) is 18.9. The number of allylic oxidation sites excluding steroid dienone is 5. The van der Waals surface area contributed by atoms with E-state index in [2.05, 4.69) is 5.32 Å². The summed E-state index contributed by atoms with van der Waals surface area (Å²) in [5.41, 5.74) is 1.65. The SMILES string of the molecule is CNc1c(O)c2c(O)c(C)c(=O)c(C(=O)C(C)O/C=C/C[C@H](C)C(OC(C)=O)C(O)CCCC(C)/C=C/C=C(\C)C=O)c2c2nc3ccc(C(C)C)cc3oc12. The first-order valence-corrected chi connectivity index (χ1v) is 19.0. The highest BCUT2D eigenvalue weighted by Crippen LogP contribution is 2.46. The molecule has 4 unspecified atom stereocenters. The molecule has 1 heterocycles. The number of aliphatic hydroxyl groups excluding tert-OH is 1. The highest BCUT2D eigenvalue weighted by Gasteiger charge is 2.31. The fourth-order valence-corrected chi connectivity index (χ4v) is 6.69. The monoisotopic (exact) mass is 770 g/mol. The van der Waals surface area contributed by atoms with E-state index in [4.69, 9.17) is 18.9 Å². The maximum absolute atomic E-state index is 14.1. The molecule has 0 bridgehead atoms. The zero-order chi connectivity index (χ0) is 41.4. The molecule has 4 aromatic rings. The van der Waals surface area contributed by atoms with Gasteiger partial charge in [0.15, 0.2) is 28.4 Å². The lowest BCUT2D eigenvalue weighted by molar-refractivity contribution is -0.156. The summed E-state index contributed by atoms with van der Waals surface area (Å²) in [6, 6.07) is 5.54. The number of nitrogens with one attached hydrogen (secondary N) is 1. The molecule has 300 valence electrons. The van der Waals surface area contributed by atoms with E-state index in [0.717, 1.165) is 18.3 Å². The minimum absolute atomic E-state index is 0.0605. The number of phenolic OH excluding ortho intramolecular Hbond substituents is 2. The number of aliphatic hydroxyl groups is 1. The number of fused-ring (bicyclic) bond motifs is 4. The van der Waals surface area contributed by atoms with E-state index in [1.165, 1.54) is 27.0 Å². The summed E-state index contributed by atoms with van der Waals surface area (Å²) in [6.45, 7) is 13.8. The molecule has 0 aliphatic rings. The zero-order valence-corrected chi connectivity index (χ0v) is 33.6. The summed E-state index contributed by atoms with van der Waals surface area (Å²) in [7, 11) is 1.57. The Labute approximate surface area is 326 Å². The van der Waals surface area contributed by atoms with Crippen LogP contribution in [0.3, 0.4) is 0 Å². The number of aldehydes is 1. The summed E-state index contributed by atoms with van der Waals surface area (Å²) in [5.74, 6) is -2.01. The normalized spacial score (nSPS) is 15.1. The van der Waals surface area contributed by atoms with Crippen molar-refractivity contribution in [1.82, 2.24) is 4.98 Å². The molecule has 0 saturated carbocycles. The third-order valence-electron chi connectivity index (χ3n) is 10.0. The van der Waals surface area contributed by atoms with Crippen molar-refractivity contribution in [2.45, 2.75) is 105 Å². The summed E-state index contributed by atoms with van der Waals surface area (Å²) in [5, 5.41) is 36.4. The molecular formula is C44H54N2O10. The molecule has 0 amide bonds. The van der Waals surface area contributed by atoms with Crippen molar-refractivity contribution in [3.63, 3.8) is 0 Å². The van der Waals surface area contributed by atoms with Crippen LogP contribution in [0.2, 0.25) is 0 Å². The van der Waals surface area contributed by atoms with Crippen LogP contribution < -0.4 is 10.7 Å². The molecule has 0 saturated heterocycles. The van der Waals surface area contributed by atoms with E-state index in [0.29, 0.717) is 35.9 Å². The van der Waals surface area contributed by atoms with Crippen molar-refractivity contribution < 1.29 is 43.6 Å². The van der Waals surface area contributed by atoms with Crippen LogP contribution in [0.5, 0.6) is 11.5 Å². The van der Waals surface area contributed by atoms with Crippen molar-refractivity contribution in [3.8, 4) is 11.5 Å². The highest BCUT2D eigenvalue weighted by atomic mass is 16.6. The fourth-order valence-electron chi connectivity index (χ4n) is 6.69. The smallest absolute Gasteiger partial charge is 0.303 e. The van der Waals surface area contributed by atoms with Crippen molar-refractivity contribution in [2.24, 2.45) is 11.8 Å². The Hall–Kier alpha value is -5.49. The molecular weight excluding hydrogens is 716 g/mol. The fraction of sp³-hybridized carbons (Fsp3) is 0.432. The van der Waals surface area contributed by atoms with Crippen LogP contribution in [0, 0.1) is 18.8 Å². The average molecular weight is 771 g/mol. The minimum Gasteiger partial charge on any atom is -0.507 e. The lowest BCUT2D eigenvalue weighted by Crippen LogP contribution is -2.36. The molecule has 56 heavy (non-hydrogen) atoms. The number of anilines is 1. The molecule has 5 atom stereocenters. The van der Waals surface area contributed by atoms with Gasteiger partial charge in [0.2, 0.25) is 5.78 Å². The molecule has 0 fully saturated rings. The van der Waals surface area contributed by atoms with E-state index in [1.807, 2.05) is 52.0 Å². The molecule has 3 aromatic carbocycles. The third-order valence-corrected chi connectivity index (χ3v) is 10.0. The van der Waals surface area contributed by atoms with Crippen LogP contribution in [0.25, 0.3) is 33.0 Å². The van der Waals surface area contributed by atoms with Crippen LogP contribution >= 0.6 is 0 Å². The van der Waals surface area contributed by atoms with Crippen LogP contribution in [-0.2, 0) is 19.1 Å². The van der Waals surface area contributed by atoms with E-state index in [1.54, 1.807) is 32.2 Å². The Balaban J connectivity index is 1.58. The number of esters is 1. The predicted molar refractivity (Wildman–Crippen MR) is 218 cm³/mol. The van der Waals surface area contributed by atoms with Crippen LogP contribution in [0.15, 0.2) is 63.6 Å². The molecule has 12 nitrogen and oxygen atoms in total. The number of carbonyl (C=O) groups is 3. The standard InChI is InChI=1S/C44H54N2O10/c1-23(2)30-18-19-31-33(21-30)56-44-37(46-31)34-35(39(50)27(6)40(51)36(34)42(53)38(44)45-9)41(52)28(7)54-20-12-16-26(5)43(55-29(8)48)32(49)17-11-14-24(3)13-10-15-25(4)22-47/h10,12-13,15,18-24,26,28,32,43,45,49,51,53H,11,14,16-17H2,1-9H3/b13-10+,20-12+,25-15+/t24?,26-,28?,32?,43?/m0/s1. The number of ether oxygens (including phenoxy) is 2. The van der Waals surface area contributed by atoms with Gasteiger partial charge in [0.05, 0.1) is 23.3 Å². The second-order valence-corrected chi connectivity index (χ2v) is 14.9. The van der Waals surface area contributed by atoms with Gasteiger partial charge in [0.25, 0.3) is 0 Å². The number of benzene rings is 3. The van der Waals surface area contributed by atoms with Gasteiger partial charge >= 0.3 is 5.97 Å². The van der Waals surface area contributed by atoms with Gasteiger partial charge in [-0.05, 0) is 87.1 Å². The number of phenols is 2. The summed E-state index contributed by atoms with van der Waals surface area (Å²) < 4.78 is 17.6. The number of carbonyl (C=O) groups excluding carboxylic acids is 3. The van der Waals surface area contributed by atoms with Crippen LogP contribution in [0.1, 0.15) is 102 Å². The summed E-state index contributed by atoms with van der Waals surface area (Å²) >= 11 is 0. The van der Waals surface area contributed by atoms with Gasteiger partial charge in [-0.2, -0.15) is 0 Å².